The van der Waals surface area contributed by atoms with Crippen LogP contribution in [0.5, 0.6) is 0 Å². The highest BCUT2D eigenvalue weighted by atomic mass is 19.1. The lowest BCUT2D eigenvalue weighted by Crippen LogP contribution is -2.59. The minimum atomic E-state index is -0.615. The first-order valence-electron chi connectivity index (χ1n) is 12.9. The maximum absolute atomic E-state index is 14.0. The Morgan fingerprint density at radius 2 is 1.86 bits per heavy atom. The summed E-state index contributed by atoms with van der Waals surface area (Å²) in [6.07, 6.45) is 4.02. The zero-order chi connectivity index (χ0) is 26.1. The molecule has 2 amide bonds. The third-order valence-corrected chi connectivity index (χ3v) is 9.17. The molecular weight excluding hydrogens is 483 g/mol. The van der Waals surface area contributed by atoms with Gasteiger partial charge in [0.2, 0.25) is 5.91 Å². The summed E-state index contributed by atoms with van der Waals surface area (Å²) < 4.78 is 27.5. The number of fused-ring (bicyclic) bond motifs is 1. The zero-order valence-corrected chi connectivity index (χ0v) is 20.7. The van der Waals surface area contributed by atoms with Gasteiger partial charge in [0.05, 0.1) is 29.6 Å². The molecule has 4 aliphatic carbocycles. The van der Waals surface area contributed by atoms with Gasteiger partial charge in [0.25, 0.3) is 0 Å². The van der Waals surface area contributed by atoms with Crippen molar-refractivity contribution in [2.75, 3.05) is 20.2 Å². The Morgan fingerprint density at radius 1 is 1.14 bits per heavy atom. The topological polar surface area (TPSA) is 126 Å². The van der Waals surface area contributed by atoms with Crippen molar-refractivity contribution in [1.29, 1.82) is 0 Å². The molecular formula is C26H31FN4O6. The predicted octanol–water partition coefficient (Wildman–Crippen LogP) is 2.18. The summed E-state index contributed by atoms with van der Waals surface area (Å²) in [4.78, 5) is 52.3. The van der Waals surface area contributed by atoms with Crippen molar-refractivity contribution in [3.8, 4) is 0 Å². The number of aromatic nitrogens is 2. The molecule has 5 fully saturated rings. The quantitative estimate of drug-likeness (QED) is 0.610. The van der Waals surface area contributed by atoms with Crippen LogP contribution in [0.1, 0.15) is 44.6 Å². The second kappa shape index (κ2) is 8.59. The predicted molar refractivity (Wildman–Crippen MR) is 129 cm³/mol. The van der Waals surface area contributed by atoms with Gasteiger partial charge in [-0.25, -0.2) is 14.0 Å². The molecule has 1 aromatic carbocycles. The number of nitrogens with zero attached hydrogens (tertiary/aromatic N) is 3. The van der Waals surface area contributed by atoms with Crippen LogP contribution in [0.25, 0.3) is 11.0 Å². The van der Waals surface area contributed by atoms with Gasteiger partial charge in [0.1, 0.15) is 18.5 Å². The third-order valence-electron chi connectivity index (χ3n) is 9.17. The number of benzene rings is 1. The SMILES string of the molecule is COC(=O)Cn1c(=O)n([C@H]2CCN(C(=O)OC3C4CC5C[C@H]3C[C@@](C(N)=O)(C5)C4)C2)c2ccc(F)cc21. The van der Waals surface area contributed by atoms with Crippen LogP contribution in [0.4, 0.5) is 9.18 Å². The number of ether oxygens (including phenoxy) is 2. The first kappa shape index (κ1) is 24.0. The van der Waals surface area contributed by atoms with Gasteiger partial charge in [0, 0.05) is 13.1 Å². The number of amides is 2. The number of halogens is 1. The largest absolute Gasteiger partial charge is 0.468 e. The molecule has 7 rings (SSSR count). The van der Waals surface area contributed by atoms with Gasteiger partial charge in [-0.05, 0) is 74.5 Å². The van der Waals surface area contributed by atoms with Gasteiger partial charge < -0.3 is 20.1 Å². The molecule has 2 aromatic rings. The van der Waals surface area contributed by atoms with Crippen molar-refractivity contribution in [3.05, 3.63) is 34.5 Å². The zero-order valence-electron chi connectivity index (χ0n) is 20.7. The van der Waals surface area contributed by atoms with E-state index in [2.05, 4.69) is 0 Å². The van der Waals surface area contributed by atoms with Crippen LogP contribution in [-0.4, -0.2) is 58.3 Å². The van der Waals surface area contributed by atoms with Crippen LogP contribution in [0.2, 0.25) is 0 Å². The van der Waals surface area contributed by atoms with Crippen LogP contribution in [0, 0.1) is 29.0 Å². The number of likely N-dealkylation sites (tertiary alicyclic amines) is 1. The van der Waals surface area contributed by atoms with Crippen molar-refractivity contribution >= 4 is 29.0 Å². The highest BCUT2D eigenvalue weighted by Crippen LogP contribution is 2.60. The second-order valence-corrected chi connectivity index (χ2v) is 11.3. The van der Waals surface area contributed by atoms with E-state index in [4.69, 9.17) is 15.2 Å². The van der Waals surface area contributed by atoms with E-state index in [9.17, 15) is 23.6 Å². The number of carbonyl (C=O) groups excluding carboxylic acids is 3. The van der Waals surface area contributed by atoms with Crippen molar-refractivity contribution < 1.29 is 28.2 Å². The molecule has 6 atom stereocenters. The Labute approximate surface area is 212 Å². The van der Waals surface area contributed by atoms with E-state index < -0.39 is 29.0 Å². The first-order valence-corrected chi connectivity index (χ1v) is 12.9. The summed E-state index contributed by atoms with van der Waals surface area (Å²) in [5, 5.41) is 0. The summed E-state index contributed by atoms with van der Waals surface area (Å²) >= 11 is 0. The fourth-order valence-electron chi connectivity index (χ4n) is 7.73. The average Bonchev–Trinajstić information content (AvgIpc) is 3.44. The molecule has 2 N–H and O–H groups in total. The molecule has 0 spiro atoms. The fraction of sp³-hybridized carbons (Fsp3) is 0.615. The second-order valence-electron chi connectivity index (χ2n) is 11.3. The lowest BCUT2D eigenvalue weighted by Gasteiger charge is -2.58. The van der Waals surface area contributed by atoms with Gasteiger partial charge in [-0.1, -0.05) is 0 Å². The molecule has 1 saturated heterocycles. The molecule has 1 aromatic heterocycles. The third kappa shape index (κ3) is 3.81. The van der Waals surface area contributed by atoms with Gasteiger partial charge in [-0.15, -0.1) is 0 Å². The monoisotopic (exact) mass is 514 g/mol. The summed E-state index contributed by atoms with van der Waals surface area (Å²) in [7, 11) is 1.23. The first-order chi connectivity index (χ1) is 17.7. The molecule has 4 saturated carbocycles. The van der Waals surface area contributed by atoms with E-state index in [1.807, 2.05) is 0 Å². The van der Waals surface area contributed by atoms with Gasteiger partial charge in [-0.3, -0.25) is 18.7 Å². The number of hydrogen-bond acceptors (Lipinski definition) is 6. The molecule has 2 heterocycles. The van der Waals surface area contributed by atoms with Crippen LogP contribution in [0.3, 0.4) is 0 Å². The van der Waals surface area contributed by atoms with Gasteiger partial charge in [-0.2, -0.15) is 0 Å². The normalized spacial score (nSPS) is 32.2. The molecule has 37 heavy (non-hydrogen) atoms. The number of rotatable bonds is 5. The van der Waals surface area contributed by atoms with E-state index in [1.165, 1.54) is 34.4 Å². The Bertz CT molecular complexity index is 1330. The molecule has 3 unspecified atom stereocenters. The number of primary amides is 1. The number of imidazole rings is 1. The van der Waals surface area contributed by atoms with E-state index in [-0.39, 0.29) is 43.0 Å². The lowest BCUT2D eigenvalue weighted by molar-refractivity contribution is -0.161. The summed E-state index contributed by atoms with van der Waals surface area (Å²) in [6.45, 7) is 0.346. The van der Waals surface area contributed by atoms with E-state index in [0.29, 0.717) is 42.8 Å². The summed E-state index contributed by atoms with van der Waals surface area (Å²) in [5.74, 6) is -0.597. The van der Waals surface area contributed by atoms with E-state index in [1.54, 1.807) is 4.90 Å². The Hall–Kier alpha value is -3.37. The molecule has 0 radical (unpaired) electrons. The molecule has 198 valence electrons. The number of methoxy groups -OCH3 is 1. The maximum Gasteiger partial charge on any atom is 0.410 e. The van der Waals surface area contributed by atoms with Crippen LogP contribution in [0.15, 0.2) is 23.0 Å². The van der Waals surface area contributed by atoms with E-state index >= 15 is 0 Å². The smallest absolute Gasteiger partial charge is 0.410 e. The van der Waals surface area contributed by atoms with E-state index in [0.717, 1.165) is 19.3 Å². The van der Waals surface area contributed by atoms with Crippen LogP contribution in [-0.2, 0) is 25.6 Å². The van der Waals surface area contributed by atoms with Crippen molar-refractivity contribution in [1.82, 2.24) is 14.0 Å². The van der Waals surface area contributed by atoms with Crippen molar-refractivity contribution in [3.63, 3.8) is 0 Å². The number of nitrogens with two attached hydrogens (primary N) is 1. The summed E-state index contributed by atoms with van der Waals surface area (Å²) in [6, 6.07) is 3.67. The molecule has 11 heteroatoms. The number of esters is 1. The molecule has 1 aliphatic heterocycles. The number of carbonyl (C=O) groups is 3. The lowest BCUT2D eigenvalue weighted by atomic mass is 9.48. The van der Waals surface area contributed by atoms with Crippen molar-refractivity contribution in [2.45, 2.75) is 57.2 Å². The van der Waals surface area contributed by atoms with Crippen LogP contribution < -0.4 is 11.4 Å². The van der Waals surface area contributed by atoms with Gasteiger partial charge in [0.15, 0.2) is 0 Å². The standard InChI is InChI=1S/C26H31FN4O6/c1-36-21(32)13-30-20-8-17(27)2-3-19(20)31(24(30)34)18-4-5-29(12-18)25(35)37-22-15-6-14-7-16(22)11-26(9-14,10-15)23(28)33/h2-3,8,14-16,18,22H,4-7,9-13H2,1H3,(H2,28,33)/t14?,15-,16?,18-,22?,26-/m0/s1. The average molecular weight is 515 g/mol. The maximum atomic E-state index is 14.0. The van der Waals surface area contributed by atoms with Crippen LogP contribution >= 0.6 is 0 Å². The highest BCUT2D eigenvalue weighted by molar-refractivity contribution is 5.81. The summed E-state index contributed by atoms with van der Waals surface area (Å²) in [5.41, 5.74) is 5.66. The Morgan fingerprint density at radius 3 is 2.54 bits per heavy atom. The Kier molecular flexibility index (Phi) is 5.57. The Balaban J connectivity index is 1.20. The minimum absolute atomic E-state index is 0.148. The molecule has 10 nitrogen and oxygen atoms in total. The molecule has 4 bridgehead atoms. The minimum Gasteiger partial charge on any atom is -0.468 e. The highest BCUT2D eigenvalue weighted by Gasteiger charge is 2.59. The number of hydrogen-bond donors (Lipinski definition) is 1. The fourth-order valence-corrected chi connectivity index (χ4v) is 7.73. The van der Waals surface area contributed by atoms with Gasteiger partial charge >= 0.3 is 17.8 Å². The van der Waals surface area contributed by atoms with Crippen molar-refractivity contribution in [2.24, 2.45) is 28.9 Å². The molecule has 5 aliphatic rings.